The van der Waals surface area contributed by atoms with Gasteiger partial charge in [-0.05, 0) is 73.4 Å². The number of anilines is 1. The van der Waals surface area contributed by atoms with E-state index in [4.69, 9.17) is 9.72 Å². The first-order chi connectivity index (χ1) is 22.4. The van der Waals surface area contributed by atoms with Gasteiger partial charge in [-0.2, -0.15) is 0 Å². The van der Waals surface area contributed by atoms with Crippen molar-refractivity contribution in [2.75, 3.05) is 31.1 Å². The van der Waals surface area contributed by atoms with Crippen LogP contribution in [0.2, 0.25) is 0 Å². The minimum absolute atomic E-state index is 0.102. The van der Waals surface area contributed by atoms with Gasteiger partial charge in [0.25, 0.3) is 0 Å². The van der Waals surface area contributed by atoms with Crippen LogP contribution < -0.4 is 9.64 Å². The molecule has 3 aromatic carbocycles. The van der Waals surface area contributed by atoms with Gasteiger partial charge in [0.1, 0.15) is 24.3 Å². The second-order valence-corrected chi connectivity index (χ2v) is 13.5. The van der Waals surface area contributed by atoms with Gasteiger partial charge in [-0.3, -0.25) is 4.90 Å². The zero-order valence-corrected chi connectivity index (χ0v) is 26.4. The van der Waals surface area contributed by atoms with E-state index in [9.17, 15) is 10.2 Å². The van der Waals surface area contributed by atoms with Crippen molar-refractivity contribution in [3.8, 4) is 28.3 Å². The number of fused-ring (bicyclic) bond motifs is 2. The summed E-state index contributed by atoms with van der Waals surface area (Å²) < 4.78 is 6.22. The van der Waals surface area contributed by atoms with E-state index in [1.54, 1.807) is 6.33 Å². The van der Waals surface area contributed by atoms with Gasteiger partial charge >= 0.3 is 0 Å². The van der Waals surface area contributed by atoms with E-state index in [1.165, 1.54) is 29.5 Å². The highest BCUT2D eigenvalue weighted by Crippen LogP contribution is 2.43. The summed E-state index contributed by atoms with van der Waals surface area (Å²) in [7, 11) is 0. The fourth-order valence-electron chi connectivity index (χ4n) is 7.07. The molecule has 8 heteroatoms. The highest BCUT2D eigenvalue weighted by atomic mass is 16.5. The Bertz CT molecular complexity index is 1870. The highest BCUT2D eigenvalue weighted by molar-refractivity contribution is 5.95. The lowest BCUT2D eigenvalue weighted by atomic mass is 9.93. The van der Waals surface area contributed by atoms with Crippen LogP contribution in [0.1, 0.15) is 60.8 Å². The Labute approximate surface area is 269 Å². The summed E-state index contributed by atoms with van der Waals surface area (Å²) >= 11 is 0. The number of ether oxygens (including phenoxy) is 1. The van der Waals surface area contributed by atoms with Crippen LogP contribution in [0.25, 0.3) is 33.5 Å². The zero-order chi connectivity index (χ0) is 31.3. The topological polar surface area (TPSA) is 97.7 Å². The van der Waals surface area contributed by atoms with E-state index in [0.717, 1.165) is 96.1 Å². The van der Waals surface area contributed by atoms with Gasteiger partial charge in [0.2, 0.25) is 0 Å². The van der Waals surface area contributed by atoms with E-state index < -0.39 is 5.60 Å². The SMILES string of the molecule is CC1(O)CCN(Cc2ccc(-c3cc4c(-c5cccc(N6CCOc7cc(C8CC8)ccc7C6)c5CO)ncnc4[nH]3)cc2)CC1. The molecule has 0 atom stereocenters. The van der Waals surface area contributed by atoms with Crippen LogP contribution in [0.5, 0.6) is 5.75 Å². The Hall–Kier alpha value is -4.24. The molecule has 8 nitrogen and oxygen atoms in total. The lowest BCUT2D eigenvalue weighted by molar-refractivity contribution is -0.00730. The third-order valence-electron chi connectivity index (χ3n) is 10.1. The lowest BCUT2D eigenvalue weighted by Crippen LogP contribution is -2.41. The maximum absolute atomic E-state index is 10.8. The smallest absolute Gasteiger partial charge is 0.141 e. The van der Waals surface area contributed by atoms with Crippen molar-refractivity contribution in [2.45, 2.75) is 63.8 Å². The number of benzene rings is 3. The maximum atomic E-state index is 10.8. The number of aliphatic hydroxyl groups is 2. The third-order valence-corrected chi connectivity index (χ3v) is 10.1. The van der Waals surface area contributed by atoms with Gasteiger partial charge in [0.15, 0.2) is 0 Å². The van der Waals surface area contributed by atoms with Crippen molar-refractivity contribution < 1.29 is 14.9 Å². The standard InChI is InChI=1S/C38H41N5O3/c1-38(45)13-15-42(16-14-38)21-25-5-7-27(8-6-25)33-20-31-36(39-24-40-37(31)41-33)30-3-2-4-34(32(30)23-44)43-17-18-46-35-19-28(26-9-10-26)11-12-29(35)22-43/h2-8,11-12,19-20,24,26,44-45H,9-10,13-18,21-23H2,1H3,(H,39,40,41). The van der Waals surface area contributed by atoms with Crippen molar-refractivity contribution in [1.82, 2.24) is 19.9 Å². The summed E-state index contributed by atoms with van der Waals surface area (Å²) in [6.07, 6.45) is 5.76. The molecule has 2 aliphatic heterocycles. The molecule has 0 amide bonds. The van der Waals surface area contributed by atoms with Crippen LogP contribution in [0.4, 0.5) is 5.69 Å². The summed E-state index contributed by atoms with van der Waals surface area (Å²) in [6, 6.07) is 23.7. The molecule has 0 radical (unpaired) electrons. The maximum Gasteiger partial charge on any atom is 0.141 e. The molecule has 2 aromatic heterocycles. The quantitative estimate of drug-likeness (QED) is 0.195. The fourth-order valence-corrected chi connectivity index (χ4v) is 7.07. The van der Waals surface area contributed by atoms with Crippen molar-refractivity contribution in [1.29, 1.82) is 0 Å². The van der Waals surface area contributed by atoms with Gasteiger partial charge in [0, 0.05) is 59.6 Å². The van der Waals surface area contributed by atoms with E-state index in [-0.39, 0.29) is 6.61 Å². The summed E-state index contributed by atoms with van der Waals surface area (Å²) in [5.74, 6) is 1.67. The molecule has 46 heavy (non-hydrogen) atoms. The molecule has 4 heterocycles. The van der Waals surface area contributed by atoms with Crippen LogP contribution in [0.15, 0.2) is 73.1 Å². The summed E-state index contributed by atoms with van der Waals surface area (Å²) in [4.78, 5) is 17.5. The van der Waals surface area contributed by atoms with Crippen LogP contribution in [-0.4, -0.2) is 61.9 Å². The van der Waals surface area contributed by atoms with Gasteiger partial charge < -0.3 is 24.8 Å². The number of H-pyrrole nitrogens is 1. The first kappa shape index (κ1) is 29.2. The normalized spacial score (nSPS) is 18.3. The second-order valence-electron chi connectivity index (χ2n) is 13.5. The molecule has 0 bridgehead atoms. The average Bonchev–Trinajstić information content (AvgIpc) is 3.86. The molecule has 1 saturated carbocycles. The number of aromatic nitrogens is 3. The number of aliphatic hydroxyl groups excluding tert-OH is 1. The van der Waals surface area contributed by atoms with E-state index in [0.29, 0.717) is 12.5 Å². The lowest BCUT2D eigenvalue weighted by Gasteiger charge is -2.35. The molecular formula is C38H41N5O3. The molecule has 1 aliphatic carbocycles. The summed E-state index contributed by atoms with van der Waals surface area (Å²) in [5, 5.41) is 22.0. The number of hydrogen-bond donors (Lipinski definition) is 3. The Morgan fingerprint density at radius 2 is 1.80 bits per heavy atom. The van der Waals surface area contributed by atoms with Crippen LogP contribution in [0, 0.1) is 0 Å². The van der Waals surface area contributed by atoms with E-state index in [2.05, 4.69) is 80.4 Å². The first-order valence-electron chi connectivity index (χ1n) is 16.6. The highest BCUT2D eigenvalue weighted by Gasteiger charge is 2.28. The Kier molecular flexibility index (Phi) is 7.51. The van der Waals surface area contributed by atoms with Crippen molar-refractivity contribution in [3.05, 3.63) is 95.3 Å². The first-order valence-corrected chi connectivity index (χ1v) is 16.6. The minimum Gasteiger partial charge on any atom is -0.491 e. The molecule has 8 rings (SSSR count). The van der Waals surface area contributed by atoms with Gasteiger partial charge in [-0.1, -0.05) is 48.5 Å². The molecule has 236 valence electrons. The number of nitrogens with one attached hydrogen (secondary N) is 1. The van der Waals surface area contributed by atoms with E-state index in [1.807, 2.05) is 13.0 Å². The van der Waals surface area contributed by atoms with Crippen LogP contribution >= 0.6 is 0 Å². The summed E-state index contributed by atoms with van der Waals surface area (Å²) in [5.41, 5.74) is 9.66. The molecule has 5 aromatic rings. The predicted molar refractivity (Wildman–Crippen MR) is 181 cm³/mol. The van der Waals surface area contributed by atoms with Crippen LogP contribution in [-0.2, 0) is 19.7 Å². The zero-order valence-electron chi connectivity index (χ0n) is 26.4. The molecule has 0 spiro atoms. The van der Waals surface area contributed by atoms with Crippen LogP contribution in [0.3, 0.4) is 0 Å². The Morgan fingerprint density at radius 1 is 0.978 bits per heavy atom. The van der Waals surface area contributed by atoms with Gasteiger partial charge in [0.05, 0.1) is 24.4 Å². The van der Waals surface area contributed by atoms with E-state index >= 15 is 0 Å². The monoisotopic (exact) mass is 615 g/mol. The second kappa shape index (κ2) is 11.8. The molecular weight excluding hydrogens is 574 g/mol. The largest absolute Gasteiger partial charge is 0.491 e. The number of aromatic amines is 1. The Morgan fingerprint density at radius 3 is 2.59 bits per heavy atom. The molecule has 3 aliphatic rings. The van der Waals surface area contributed by atoms with Crippen molar-refractivity contribution in [3.63, 3.8) is 0 Å². The number of likely N-dealkylation sites (tertiary alicyclic amines) is 1. The number of piperidine rings is 1. The summed E-state index contributed by atoms with van der Waals surface area (Å²) in [6.45, 7) is 6.58. The molecule has 0 unspecified atom stereocenters. The molecule has 2 fully saturated rings. The number of nitrogens with zero attached hydrogens (tertiary/aromatic N) is 4. The Balaban J connectivity index is 1.07. The van der Waals surface area contributed by atoms with Gasteiger partial charge in [-0.15, -0.1) is 0 Å². The molecule has 1 saturated heterocycles. The van der Waals surface area contributed by atoms with Gasteiger partial charge in [-0.25, -0.2) is 9.97 Å². The number of rotatable bonds is 7. The third kappa shape index (κ3) is 5.77. The molecule has 3 N–H and O–H groups in total. The van der Waals surface area contributed by atoms with Crippen molar-refractivity contribution >= 4 is 16.7 Å². The minimum atomic E-state index is -0.537. The number of hydrogen-bond acceptors (Lipinski definition) is 7. The predicted octanol–water partition coefficient (Wildman–Crippen LogP) is 6.41. The fraction of sp³-hybridized carbons (Fsp3) is 0.368. The average molecular weight is 616 g/mol. The van der Waals surface area contributed by atoms with Crippen molar-refractivity contribution in [2.24, 2.45) is 0 Å².